The lowest BCUT2D eigenvalue weighted by Crippen LogP contribution is -2.42. The number of piperidine rings is 1. The summed E-state index contributed by atoms with van der Waals surface area (Å²) in [5.41, 5.74) is 0. The fourth-order valence-electron chi connectivity index (χ4n) is 2.84. The molecule has 0 radical (unpaired) electrons. The molecule has 0 aliphatic carbocycles. The Morgan fingerprint density at radius 3 is 2.78 bits per heavy atom. The first-order valence-electron chi connectivity index (χ1n) is 7.59. The Hall–Kier alpha value is -0.120. The van der Waals surface area contributed by atoms with E-state index in [9.17, 15) is 0 Å². The Labute approximate surface area is 113 Å². The molecule has 3 nitrogen and oxygen atoms in total. The normalized spacial score (nSPS) is 23.5. The fourth-order valence-corrected chi connectivity index (χ4v) is 2.84. The van der Waals surface area contributed by atoms with Crippen molar-refractivity contribution in [2.45, 2.75) is 58.5 Å². The number of rotatable bonds is 8. The van der Waals surface area contributed by atoms with Crippen molar-refractivity contribution >= 4 is 0 Å². The first-order valence-corrected chi connectivity index (χ1v) is 7.59. The lowest BCUT2D eigenvalue weighted by atomic mass is 9.97. The second-order valence-electron chi connectivity index (χ2n) is 6.06. The molecule has 1 heterocycles. The van der Waals surface area contributed by atoms with Crippen molar-refractivity contribution in [3.8, 4) is 0 Å². The lowest BCUT2D eigenvalue weighted by Gasteiger charge is -2.36. The van der Waals surface area contributed by atoms with E-state index in [4.69, 9.17) is 4.74 Å². The third kappa shape index (κ3) is 6.17. The highest BCUT2D eigenvalue weighted by molar-refractivity contribution is 4.77. The van der Waals surface area contributed by atoms with Crippen molar-refractivity contribution in [2.75, 3.05) is 33.4 Å². The molecule has 2 unspecified atom stereocenters. The average molecular weight is 256 g/mol. The van der Waals surface area contributed by atoms with Gasteiger partial charge in [0, 0.05) is 25.7 Å². The highest BCUT2D eigenvalue weighted by Gasteiger charge is 2.22. The summed E-state index contributed by atoms with van der Waals surface area (Å²) in [7, 11) is 1.82. The summed E-state index contributed by atoms with van der Waals surface area (Å²) in [5, 5.41) is 3.49. The molecule has 1 fully saturated rings. The van der Waals surface area contributed by atoms with Crippen LogP contribution in [0.2, 0.25) is 0 Å². The van der Waals surface area contributed by atoms with Crippen LogP contribution in [0.3, 0.4) is 0 Å². The molecule has 0 spiro atoms. The highest BCUT2D eigenvalue weighted by atomic mass is 16.5. The highest BCUT2D eigenvalue weighted by Crippen LogP contribution is 2.20. The van der Waals surface area contributed by atoms with Gasteiger partial charge in [0.15, 0.2) is 0 Å². The van der Waals surface area contributed by atoms with Gasteiger partial charge in [-0.05, 0) is 51.6 Å². The van der Waals surface area contributed by atoms with Crippen LogP contribution in [-0.2, 0) is 4.74 Å². The van der Waals surface area contributed by atoms with Gasteiger partial charge in [-0.3, -0.25) is 0 Å². The number of ether oxygens (including phenoxy) is 1. The third-order valence-electron chi connectivity index (χ3n) is 3.93. The first-order chi connectivity index (χ1) is 8.63. The number of methoxy groups -OCH3 is 1. The van der Waals surface area contributed by atoms with Gasteiger partial charge >= 0.3 is 0 Å². The molecule has 18 heavy (non-hydrogen) atoms. The maximum absolute atomic E-state index is 5.30. The number of hydrogen-bond donors (Lipinski definition) is 1. The van der Waals surface area contributed by atoms with Crippen LogP contribution in [0.1, 0.15) is 46.5 Å². The van der Waals surface area contributed by atoms with Gasteiger partial charge < -0.3 is 15.0 Å². The molecule has 0 aromatic heterocycles. The molecule has 1 saturated heterocycles. The van der Waals surface area contributed by atoms with Gasteiger partial charge in [-0.1, -0.05) is 13.8 Å². The van der Waals surface area contributed by atoms with Crippen LogP contribution in [0.4, 0.5) is 0 Å². The van der Waals surface area contributed by atoms with Crippen LogP contribution < -0.4 is 5.32 Å². The lowest BCUT2D eigenvalue weighted by molar-refractivity contribution is 0.0696. The van der Waals surface area contributed by atoms with Crippen molar-refractivity contribution in [3.63, 3.8) is 0 Å². The van der Waals surface area contributed by atoms with Crippen molar-refractivity contribution in [1.82, 2.24) is 10.2 Å². The van der Waals surface area contributed by atoms with Crippen LogP contribution in [0.5, 0.6) is 0 Å². The SMILES string of the molecule is COCC1CCCN(C(C)CCCNC(C)C)C1. The van der Waals surface area contributed by atoms with Crippen LogP contribution in [0.15, 0.2) is 0 Å². The maximum Gasteiger partial charge on any atom is 0.0502 e. The zero-order valence-electron chi connectivity index (χ0n) is 12.7. The Morgan fingerprint density at radius 1 is 1.33 bits per heavy atom. The van der Waals surface area contributed by atoms with E-state index in [2.05, 4.69) is 31.0 Å². The van der Waals surface area contributed by atoms with E-state index in [-0.39, 0.29) is 0 Å². The van der Waals surface area contributed by atoms with Crippen molar-refractivity contribution in [3.05, 3.63) is 0 Å². The summed E-state index contributed by atoms with van der Waals surface area (Å²) in [6.45, 7) is 11.4. The number of nitrogens with zero attached hydrogens (tertiary/aromatic N) is 1. The van der Waals surface area contributed by atoms with Gasteiger partial charge in [-0.15, -0.1) is 0 Å². The summed E-state index contributed by atoms with van der Waals surface area (Å²) in [6.07, 6.45) is 5.26. The van der Waals surface area contributed by atoms with Gasteiger partial charge in [0.25, 0.3) is 0 Å². The third-order valence-corrected chi connectivity index (χ3v) is 3.93. The molecule has 1 aliphatic rings. The molecule has 0 bridgehead atoms. The smallest absolute Gasteiger partial charge is 0.0502 e. The Balaban J connectivity index is 2.17. The zero-order valence-corrected chi connectivity index (χ0v) is 12.7. The molecule has 0 saturated carbocycles. The first kappa shape index (κ1) is 15.9. The van der Waals surface area contributed by atoms with Crippen LogP contribution in [0, 0.1) is 5.92 Å². The summed E-state index contributed by atoms with van der Waals surface area (Å²) in [6, 6.07) is 1.33. The van der Waals surface area contributed by atoms with Gasteiger partial charge in [0.05, 0.1) is 6.61 Å². The van der Waals surface area contributed by atoms with Crippen molar-refractivity contribution in [1.29, 1.82) is 0 Å². The molecule has 1 aliphatic heterocycles. The predicted octanol–water partition coefficient (Wildman–Crippen LogP) is 2.51. The van der Waals surface area contributed by atoms with Crippen molar-refractivity contribution < 1.29 is 4.74 Å². The molecular formula is C15H32N2O. The quantitative estimate of drug-likeness (QED) is 0.675. The predicted molar refractivity (Wildman–Crippen MR) is 78.0 cm³/mol. The van der Waals surface area contributed by atoms with E-state index in [1.165, 1.54) is 38.8 Å². The largest absolute Gasteiger partial charge is 0.384 e. The standard InChI is InChI=1S/C15H32N2O/c1-13(2)16-9-5-7-14(3)17-10-6-8-15(11-17)12-18-4/h13-16H,5-12H2,1-4H3. The van der Waals surface area contributed by atoms with E-state index in [0.717, 1.165) is 25.1 Å². The summed E-state index contributed by atoms with van der Waals surface area (Å²) < 4.78 is 5.30. The molecule has 1 N–H and O–H groups in total. The number of hydrogen-bond acceptors (Lipinski definition) is 3. The topological polar surface area (TPSA) is 24.5 Å². The maximum atomic E-state index is 5.30. The Kier molecular flexibility index (Phi) is 7.87. The molecule has 0 aromatic rings. The molecule has 1 rings (SSSR count). The second-order valence-corrected chi connectivity index (χ2v) is 6.06. The van der Waals surface area contributed by atoms with Crippen LogP contribution >= 0.6 is 0 Å². The minimum Gasteiger partial charge on any atom is -0.384 e. The summed E-state index contributed by atoms with van der Waals surface area (Å²) >= 11 is 0. The monoisotopic (exact) mass is 256 g/mol. The molecule has 2 atom stereocenters. The Morgan fingerprint density at radius 2 is 2.11 bits per heavy atom. The van der Waals surface area contributed by atoms with Crippen LogP contribution in [-0.4, -0.2) is 50.3 Å². The molecule has 3 heteroatoms. The van der Waals surface area contributed by atoms with E-state index >= 15 is 0 Å². The molecule has 0 amide bonds. The van der Waals surface area contributed by atoms with Gasteiger partial charge in [0.1, 0.15) is 0 Å². The molecule has 0 aromatic carbocycles. The average Bonchev–Trinajstić information content (AvgIpc) is 2.35. The fraction of sp³-hybridized carbons (Fsp3) is 1.00. The minimum absolute atomic E-state index is 0.612. The molecule has 108 valence electrons. The number of likely N-dealkylation sites (tertiary alicyclic amines) is 1. The second kappa shape index (κ2) is 8.89. The van der Waals surface area contributed by atoms with Gasteiger partial charge in [-0.2, -0.15) is 0 Å². The van der Waals surface area contributed by atoms with E-state index in [0.29, 0.717) is 6.04 Å². The van der Waals surface area contributed by atoms with E-state index < -0.39 is 0 Å². The van der Waals surface area contributed by atoms with E-state index in [1.54, 1.807) is 0 Å². The van der Waals surface area contributed by atoms with Gasteiger partial charge in [-0.25, -0.2) is 0 Å². The minimum atomic E-state index is 0.612. The zero-order chi connectivity index (χ0) is 13.4. The van der Waals surface area contributed by atoms with Crippen molar-refractivity contribution in [2.24, 2.45) is 5.92 Å². The van der Waals surface area contributed by atoms with E-state index in [1.807, 2.05) is 7.11 Å². The van der Waals surface area contributed by atoms with Gasteiger partial charge in [0.2, 0.25) is 0 Å². The Bertz CT molecular complexity index is 207. The molecular weight excluding hydrogens is 224 g/mol. The summed E-state index contributed by atoms with van der Waals surface area (Å²) in [5.74, 6) is 0.750. The summed E-state index contributed by atoms with van der Waals surface area (Å²) in [4.78, 5) is 2.66. The van der Waals surface area contributed by atoms with Crippen LogP contribution in [0.25, 0.3) is 0 Å². The number of nitrogens with one attached hydrogen (secondary N) is 1.